The van der Waals surface area contributed by atoms with Crippen LogP contribution in [0.25, 0.3) is 10.9 Å². The van der Waals surface area contributed by atoms with Crippen molar-refractivity contribution in [1.29, 1.82) is 0 Å². The van der Waals surface area contributed by atoms with Crippen molar-refractivity contribution in [3.63, 3.8) is 0 Å². The van der Waals surface area contributed by atoms with E-state index in [1.807, 2.05) is 25.1 Å². The summed E-state index contributed by atoms with van der Waals surface area (Å²) < 4.78 is 0.991. The fraction of sp³-hybridized carbons (Fsp3) is 0.308. The summed E-state index contributed by atoms with van der Waals surface area (Å²) in [5.41, 5.74) is 6.95. The number of rotatable bonds is 2. The first-order valence-corrected chi connectivity index (χ1v) is 6.41. The van der Waals surface area contributed by atoms with E-state index in [9.17, 15) is 0 Å². The van der Waals surface area contributed by atoms with E-state index < -0.39 is 0 Å². The van der Waals surface area contributed by atoms with Crippen molar-refractivity contribution in [3.05, 3.63) is 33.9 Å². The highest BCUT2D eigenvalue weighted by molar-refractivity contribution is 9.10. The quantitative estimate of drug-likeness (QED) is 0.655. The van der Waals surface area contributed by atoms with Gasteiger partial charge in [-0.15, -0.1) is 0 Å². The highest BCUT2D eigenvalue weighted by atomic mass is 79.9. The highest BCUT2D eigenvalue weighted by Gasteiger charge is 2.15. The van der Waals surface area contributed by atoms with Crippen LogP contribution in [0.1, 0.15) is 31.0 Å². The molecule has 0 radical (unpaired) electrons. The van der Waals surface area contributed by atoms with Crippen LogP contribution in [0.2, 0.25) is 0 Å². The monoisotopic (exact) mass is 293 g/mol. The molecule has 4 heteroatoms. The van der Waals surface area contributed by atoms with Gasteiger partial charge >= 0.3 is 0 Å². The molecule has 0 fully saturated rings. The Morgan fingerprint density at radius 3 is 2.65 bits per heavy atom. The second-order valence-electron chi connectivity index (χ2n) is 4.42. The summed E-state index contributed by atoms with van der Waals surface area (Å²) in [5, 5.41) is 1.05. The van der Waals surface area contributed by atoms with E-state index in [1.165, 1.54) is 5.56 Å². The molecule has 1 aromatic heterocycles. The van der Waals surface area contributed by atoms with E-state index >= 15 is 0 Å². The van der Waals surface area contributed by atoms with Crippen molar-refractivity contribution in [1.82, 2.24) is 4.98 Å². The maximum atomic E-state index is 5.68. The molecular formula is C13H16BrN3. The standard InChI is InChI=1S/C13H16BrN3/c1-7(2)11-8(3)16-12-9(13(11)17-15)5-4-6-10(12)14/h4-7H,15H2,1-3H3,(H,16,17). The number of halogens is 1. The van der Waals surface area contributed by atoms with Gasteiger partial charge in [-0.3, -0.25) is 10.8 Å². The molecule has 3 N–H and O–H groups in total. The van der Waals surface area contributed by atoms with Crippen molar-refractivity contribution in [2.45, 2.75) is 26.7 Å². The third-order valence-corrected chi connectivity index (χ3v) is 3.56. The van der Waals surface area contributed by atoms with Crippen LogP contribution in [0.3, 0.4) is 0 Å². The van der Waals surface area contributed by atoms with Crippen molar-refractivity contribution in [2.75, 3.05) is 5.43 Å². The summed E-state index contributed by atoms with van der Waals surface area (Å²) >= 11 is 3.52. The molecule has 0 amide bonds. The molecule has 90 valence electrons. The number of para-hydroxylation sites is 1. The number of aryl methyl sites for hydroxylation is 1. The zero-order valence-corrected chi connectivity index (χ0v) is 11.8. The number of nitrogens with zero attached hydrogens (tertiary/aromatic N) is 1. The van der Waals surface area contributed by atoms with E-state index in [-0.39, 0.29) is 0 Å². The van der Waals surface area contributed by atoms with Gasteiger partial charge in [0.05, 0.1) is 11.2 Å². The summed E-state index contributed by atoms with van der Waals surface area (Å²) in [6.45, 7) is 6.32. The minimum absolute atomic E-state index is 0.386. The van der Waals surface area contributed by atoms with E-state index in [0.717, 1.165) is 26.8 Å². The lowest BCUT2D eigenvalue weighted by Crippen LogP contribution is -2.12. The number of hydrogen-bond donors (Lipinski definition) is 2. The van der Waals surface area contributed by atoms with E-state index in [2.05, 4.69) is 40.2 Å². The van der Waals surface area contributed by atoms with Crippen LogP contribution < -0.4 is 11.3 Å². The van der Waals surface area contributed by atoms with E-state index in [1.54, 1.807) is 0 Å². The van der Waals surface area contributed by atoms with Gasteiger partial charge in [-0.25, -0.2) is 0 Å². The highest BCUT2D eigenvalue weighted by Crippen LogP contribution is 2.35. The maximum Gasteiger partial charge on any atom is 0.0868 e. The average Bonchev–Trinajstić information content (AvgIpc) is 2.28. The van der Waals surface area contributed by atoms with Crippen molar-refractivity contribution in [2.24, 2.45) is 5.84 Å². The zero-order chi connectivity index (χ0) is 12.6. The van der Waals surface area contributed by atoms with Crippen LogP contribution in [-0.4, -0.2) is 4.98 Å². The molecule has 0 saturated heterocycles. The lowest BCUT2D eigenvalue weighted by molar-refractivity contribution is 0.848. The topological polar surface area (TPSA) is 50.9 Å². The van der Waals surface area contributed by atoms with Crippen LogP contribution in [-0.2, 0) is 0 Å². The Hall–Kier alpha value is -1.13. The Balaban J connectivity index is 2.90. The molecular weight excluding hydrogens is 278 g/mol. The van der Waals surface area contributed by atoms with E-state index in [0.29, 0.717) is 5.92 Å². The smallest absolute Gasteiger partial charge is 0.0868 e. The van der Waals surface area contributed by atoms with Crippen LogP contribution >= 0.6 is 15.9 Å². The molecule has 0 aliphatic carbocycles. The van der Waals surface area contributed by atoms with Crippen LogP contribution in [0.5, 0.6) is 0 Å². The molecule has 17 heavy (non-hydrogen) atoms. The Labute approximate surface area is 110 Å². The third kappa shape index (κ3) is 2.03. The number of pyridine rings is 1. The van der Waals surface area contributed by atoms with Gasteiger partial charge in [-0.1, -0.05) is 26.0 Å². The number of nitrogens with two attached hydrogens (primary N) is 1. The van der Waals surface area contributed by atoms with Gasteiger partial charge in [0, 0.05) is 21.1 Å². The second kappa shape index (κ2) is 4.63. The molecule has 1 heterocycles. The van der Waals surface area contributed by atoms with Crippen molar-refractivity contribution in [3.8, 4) is 0 Å². The zero-order valence-electron chi connectivity index (χ0n) is 10.2. The summed E-state index contributed by atoms with van der Waals surface area (Å²) in [6, 6.07) is 6.02. The van der Waals surface area contributed by atoms with Crippen LogP contribution in [0.4, 0.5) is 5.69 Å². The molecule has 0 aliphatic rings. The van der Waals surface area contributed by atoms with Gasteiger partial charge in [-0.05, 0) is 34.8 Å². The maximum absolute atomic E-state index is 5.68. The fourth-order valence-corrected chi connectivity index (χ4v) is 2.70. The van der Waals surface area contributed by atoms with E-state index in [4.69, 9.17) is 5.84 Å². The largest absolute Gasteiger partial charge is 0.323 e. The fourth-order valence-electron chi connectivity index (χ4n) is 2.25. The summed E-state index contributed by atoms with van der Waals surface area (Å²) in [5.74, 6) is 6.07. The molecule has 2 aromatic rings. The van der Waals surface area contributed by atoms with Gasteiger partial charge in [0.25, 0.3) is 0 Å². The molecule has 3 nitrogen and oxygen atoms in total. The number of fused-ring (bicyclic) bond motifs is 1. The lowest BCUT2D eigenvalue weighted by Gasteiger charge is -2.17. The Bertz CT molecular complexity index is 564. The predicted molar refractivity (Wildman–Crippen MR) is 76.1 cm³/mol. The number of nitrogen functional groups attached to an aromatic ring is 1. The third-order valence-electron chi connectivity index (χ3n) is 2.92. The molecule has 1 aromatic carbocycles. The molecule has 0 spiro atoms. The number of anilines is 1. The Morgan fingerprint density at radius 2 is 2.06 bits per heavy atom. The number of aromatic nitrogens is 1. The Kier molecular flexibility index (Phi) is 3.35. The Morgan fingerprint density at radius 1 is 1.35 bits per heavy atom. The molecule has 0 aliphatic heterocycles. The number of hydrazine groups is 1. The van der Waals surface area contributed by atoms with Gasteiger partial charge < -0.3 is 5.43 Å². The van der Waals surface area contributed by atoms with Crippen molar-refractivity contribution < 1.29 is 0 Å². The normalized spacial score (nSPS) is 11.2. The van der Waals surface area contributed by atoms with Gasteiger partial charge in [-0.2, -0.15) is 0 Å². The van der Waals surface area contributed by atoms with Crippen LogP contribution in [0.15, 0.2) is 22.7 Å². The summed E-state index contributed by atoms with van der Waals surface area (Å²) in [4.78, 5) is 4.66. The molecule has 0 unspecified atom stereocenters. The molecule has 0 saturated carbocycles. The van der Waals surface area contributed by atoms with Gasteiger partial charge in [0.1, 0.15) is 0 Å². The number of hydrogen-bond acceptors (Lipinski definition) is 3. The summed E-state index contributed by atoms with van der Waals surface area (Å²) in [6.07, 6.45) is 0. The SMILES string of the molecule is Cc1nc2c(Br)cccc2c(NN)c1C(C)C. The minimum atomic E-state index is 0.386. The number of nitrogens with one attached hydrogen (secondary N) is 1. The van der Waals surface area contributed by atoms with Gasteiger partial charge in [0.2, 0.25) is 0 Å². The number of benzene rings is 1. The van der Waals surface area contributed by atoms with Crippen molar-refractivity contribution >= 4 is 32.5 Å². The average molecular weight is 294 g/mol. The first kappa shape index (κ1) is 12.3. The molecule has 0 atom stereocenters. The molecule has 0 bridgehead atoms. The second-order valence-corrected chi connectivity index (χ2v) is 5.28. The predicted octanol–water partition coefficient (Wildman–Crippen LogP) is 3.71. The first-order valence-electron chi connectivity index (χ1n) is 5.61. The first-order chi connectivity index (χ1) is 8.06. The molecule has 2 rings (SSSR count). The minimum Gasteiger partial charge on any atom is -0.323 e. The summed E-state index contributed by atoms with van der Waals surface area (Å²) in [7, 11) is 0. The lowest BCUT2D eigenvalue weighted by atomic mass is 9.97. The van der Waals surface area contributed by atoms with Crippen LogP contribution in [0, 0.1) is 6.92 Å². The van der Waals surface area contributed by atoms with Gasteiger partial charge in [0.15, 0.2) is 0 Å².